The molecule has 0 radical (unpaired) electrons. The van der Waals surface area contributed by atoms with Gasteiger partial charge >= 0.3 is 0 Å². The Morgan fingerprint density at radius 2 is 0.592 bits per heavy atom. The summed E-state index contributed by atoms with van der Waals surface area (Å²) in [7, 11) is 0. The van der Waals surface area contributed by atoms with Gasteiger partial charge in [-0.25, -0.2) is 0 Å². The molecule has 13 aromatic rings. The molecular weight excluding hydrogens is 915 g/mol. The van der Waals surface area contributed by atoms with Crippen LogP contribution < -0.4 is 0 Å². The van der Waals surface area contributed by atoms with Crippen molar-refractivity contribution in [2.75, 3.05) is 0 Å². The van der Waals surface area contributed by atoms with E-state index in [1.807, 2.05) is 18.3 Å². The van der Waals surface area contributed by atoms with Crippen LogP contribution in [0.15, 0.2) is 297 Å². The normalized spacial score (nSPS) is 13.5. The van der Waals surface area contributed by atoms with Gasteiger partial charge in [-0.05, 0) is 152 Å². The van der Waals surface area contributed by atoms with Crippen LogP contribution in [0.1, 0.15) is 44.5 Å². The Morgan fingerprint density at radius 1 is 0.224 bits per heavy atom. The molecular formula is C75H49N. The van der Waals surface area contributed by atoms with Gasteiger partial charge in [-0.3, -0.25) is 4.98 Å². The smallest absolute Gasteiger partial charge is 0.0713 e. The fourth-order valence-electron chi connectivity index (χ4n) is 13.5. The Kier molecular flexibility index (Phi) is 10.1. The van der Waals surface area contributed by atoms with Crippen molar-refractivity contribution < 1.29 is 0 Å². The minimum Gasteiger partial charge on any atom is -0.256 e. The number of aromatic nitrogens is 1. The molecule has 76 heavy (non-hydrogen) atoms. The summed E-state index contributed by atoms with van der Waals surface area (Å²) in [6.45, 7) is 0. The predicted octanol–water partition coefficient (Wildman–Crippen LogP) is 18.8. The van der Waals surface area contributed by atoms with Gasteiger partial charge in [-0.15, -0.1) is 0 Å². The first-order valence-electron chi connectivity index (χ1n) is 26.4. The number of hydrogen-bond donors (Lipinski definition) is 0. The molecule has 15 rings (SSSR count). The Bertz CT molecular complexity index is 4270. The Labute approximate surface area is 443 Å². The maximum atomic E-state index is 4.67. The lowest BCUT2D eigenvalue weighted by atomic mass is 9.67. The van der Waals surface area contributed by atoms with Crippen molar-refractivity contribution in [3.05, 3.63) is 342 Å². The van der Waals surface area contributed by atoms with Crippen molar-refractivity contribution >= 4 is 21.5 Å². The van der Waals surface area contributed by atoms with Crippen molar-refractivity contribution in [1.29, 1.82) is 0 Å². The van der Waals surface area contributed by atoms with E-state index in [-0.39, 0.29) is 0 Å². The van der Waals surface area contributed by atoms with Crippen molar-refractivity contribution in [2.45, 2.75) is 10.8 Å². The van der Waals surface area contributed by atoms with Gasteiger partial charge in [-0.2, -0.15) is 0 Å². The summed E-state index contributed by atoms with van der Waals surface area (Å²) in [5.41, 5.74) is 23.5. The quantitative estimate of drug-likeness (QED) is 0.138. The molecule has 2 aliphatic rings. The van der Waals surface area contributed by atoms with Crippen molar-refractivity contribution in [3.63, 3.8) is 0 Å². The van der Waals surface area contributed by atoms with Crippen LogP contribution in [0.2, 0.25) is 0 Å². The highest BCUT2D eigenvalue weighted by atomic mass is 14.7. The molecule has 0 amide bonds. The van der Waals surface area contributed by atoms with E-state index in [0.29, 0.717) is 0 Å². The second-order valence-electron chi connectivity index (χ2n) is 20.4. The molecule has 0 N–H and O–H groups in total. The first-order valence-corrected chi connectivity index (χ1v) is 26.4. The molecule has 1 heteroatoms. The standard InChI is InChI=1S/C75H49N/c1-5-21-55(22-6-1)74(56-23-7-2-8-24-56)67-33-17-15-29-59(67)61-43-41-53(48-69(61)74)72-63-31-13-14-32-64(63)73(66-47-52(40-45-65(66)72)50-36-38-51(39-37-50)71-35-19-20-46-76-71)54-42-44-62-60-30-16-18-34-68(60)75(70(62)49-54,57-25-9-3-10-26-57)58-27-11-4-12-28-58/h1-49H. The Balaban J connectivity index is 1.02. The zero-order valence-corrected chi connectivity index (χ0v) is 41.7. The minimum absolute atomic E-state index is 0.531. The van der Waals surface area contributed by atoms with Gasteiger partial charge in [-0.1, -0.05) is 261 Å². The maximum Gasteiger partial charge on any atom is 0.0713 e. The molecule has 354 valence electrons. The van der Waals surface area contributed by atoms with Crippen LogP contribution in [0.25, 0.3) is 88.4 Å². The molecule has 0 fully saturated rings. The second kappa shape index (κ2) is 17.5. The van der Waals surface area contributed by atoms with E-state index in [9.17, 15) is 0 Å². The zero-order valence-electron chi connectivity index (χ0n) is 41.7. The second-order valence-corrected chi connectivity index (χ2v) is 20.4. The van der Waals surface area contributed by atoms with Crippen LogP contribution in [0.3, 0.4) is 0 Å². The lowest BCUT2D eigenvalue weighted by Gasteiger charge is -2.34. The van der Waals surface area contributed by atoms with E-state index in [1.165, 1.54) is 111 Å². The van der Waals surface area contributed by atoms with E-state index in [4.69, 9.17) is 0 Å². The van der Waals surface area contributed by atoms with E-state index in [2.05, 4.69) is 284 Å². The molecule has 1 nitrogen and oxygen atoms in total. The third-order valence-electron chi connectivity index (χ3n) is 16.7. The molecule has 0 atom stereocenters. The van der Waals surface area contributed by atoms with Gasteiger partial charge in [0.25, 0.3) is 0 Å². The maximum absolute atomic E-state index is 4.67. The number of fused-ring (bicyclic) bond motifs is 8. The van der Waals surface area contributed by atoms with Crippen LogP contribution in [0.4, 0.5) is 0 Å². The molecule has 0 saturated carbocycles. The topological polar surface area (TPSA) is 12.9 Å². The van der Waals surface area contributed by atoms with Gasteiger partial charge < -0.3 is 0 Å². The molecule has 0 aliphatic heterocycles. The van der Waals surface area contributed by atoms with Gasteiger partial charge in [0, 0.05) is 11.8 Å². The number of nitrogens with zero attached hydrogens (tertiary/aromatic N) is 1. The molecule has 0 bridgehead atoms. The average molecular weight is 964 g/mol. The number of benzene rings is 12. The summed E-state index contributed by atoms with van der Waals surface area (Å²) in [4.78, 5) is 4.67. The molecule has 12 aromatic carbocycles. The lowest BCUT2D eigenvalue weighted by molar-refractivity contribution is 0.769. The fraction of sp³-hybridized carbons (Fsp3) is 0.0267. The number of pyridine rings is 1. The third kappa shape index (κ3) is 6.42. The summed E-state index contributed by atoms with van der Waals surface area (Å²) in [6.07, 6.45) is 1.86. The molecule has 0 saturated heterocycles. The van der Waals surface area contributed by atoms with Crippen LogP contribution in [0, 0.1) is 0 Å². The highest BCUT2D eigenvalue weighted by molar-refractivity contribution is 6.22. The average Bonchev–Trinajstić information content (AvgIpc) is 4.03. The van der Waals surface area contributed by atoms with Crippen molar-refractivity contribution in [3.8, 4) is 66.9 Å². The zero-order chi connectivity index (χ0) is 50.2. The van der Waals surface area contributed by atoms with Crippen LogP contribution in [-0.2, 0) is 10.8 Å². The first-order chi connectivity index (χ1) is 37.7. The predicted molar refractivity (Wildman–Crippen MR) is 316 cm³/mol. The molecule has 1 heterocycles. The fourth-order valence-corrected chi connectivity index (χ4v) is 13.5. The van der Waals surface area contributed by atoms with Gasteiger partial charge in [0.1, 0.15) is 0 Å². The minimum atomic E-state index is -0.539. The molecule has 0 spiro atoms. The molecule has 1 aromatic heterocycles. The van der Waals surface area contributed by atoms with E-state index < -0.39 is 10.8 Å². The third-order valence-corrected chi connectivity index (χ3v) is 16.7. The van der Waals surface area contributed by atoms with Gasteiger partial charge in [0.15, 0.2) is 0 Å². The van der Waals surface area contributed by atoms with Crippen molar-refractivity contribution in [1.82, 2.24) is 4.98 Å². The lowest BCUT2D eigenvalue weighted by Crippen LogP contribution is -2.28. The van der Waals surface area contributed by atoms with Gasteiger partial charge in [0.2, 0.25) is 0 Å². The summed E-state index contributed by atoms with van der Waals surface area (Å²) >= 11 is 0. The van der Waals surface area contributed by atoms with E-state index in [1.54, 1.807) is 0 Å². The summed E-state index contributed by atoms with van der Waals surface area (Å²) in [5, 5.41) is 4.86. The van der Waals surface area contributed by atoms with Crippen molar-refractivity contribution in [2.24, 2.45) is 0 Å². The summed E-state index contributed by atoms with van der Waals surface area (Å²) in [5.74, 6) is 0. The highest BCUT2D eigenvalue weighted by Crippen LogP contribution is 2.59. The SMILES string of the molecule is c1ccc(C2(c3ccccc3)c3ccccc3-c3ccc(-c4c5ccccc5c(-c5ccc6c(c5)C(c5ccccc5)(c5ccccc5)c5ccccc5-6)c5cc(-c6ccc(-c7ccccn7)cc6)ccc45)cc32)cc1. The van der Waals surface area contributed by atoms with E-state index >= 15 is 0 Å². The Hall–Kier alpha value is -9.69. The van der Waals surface area contributed by atoms with Crippen LogP contribution >= 0.6 is 0 Å². The highest BCUT2D eigenvalue weighted by Gasteiger charge is 2.48. The van der Waals surface area contributed by atoms with E-state index in [0.717, 1.165) is 22.4 Å². The van der Waals surface area contributed by atoms with Crippen LogP contribution in [0.5, 0.6) is 0 Å². The van der Waals surface area contributed by atoms with Crippen LogP contribution in [-0.4, -0.2) is 4.98 Å². The Morgan fingerprint density at radius 3 is 1.07 bits per heavy atom. The summed E-state index contributed by atoms with van der Waals surface area (Å²) < 4.78 is 0. The largest absolute Gasteiger partial charge is 0.256 e. The number of hydrogen-bond acceptors (Lipinski definition) is 1. The molecule has 0 unspecified atom stereocenters. The monoisotopic (exact) mass is 963 g/mol. The molecule has 2 aliphatic carbocycles. The number of rotatable bonds is 8. The summed E-state index contributed by atoms with van der Waals surface area (Å²) in [6, 6.07) is 109. The van der Waals surface area contributed by atoms with Gasteiger partial charge in [0.05, 0.1) is 16.5 Å². The first kappa shape index (κ1) is 43.9.